The van der Waals surface area contributed by atoms with Crippen molar-refractivity contribution in [3.05, 3.63) is 65.4 Å². The number of anilines is 1. The number of rotatable bonds is 9. The molecule has 4 N–H and O–H groups in total. The Morgan fingerprint density at radius 2 is 1.61 bits per heavy atom. The van der Waals surface area contributed by atoms with E-state index in [1.807, 2.05) is 37.4 Å². The van der Waals surface area contributed by atoms with Crippen LogP contribution in [0.2, 0.25) is 0 Å². The van der Waals surface area contributed by atoms with Gasteiger partial charge in [0.1, 0.15) is 5.54 Å². The predicted molar refractivity (Wildman–Crippen MR) is 157 cm³/mol. The van der Waals surface area contributed by atoms with Crippen LogP contribution in [0.4, 0.5) is 10.5 Å². The summed E-state index contributed by atoms with van der Waals surface area (Å²) in [6.07, 6.45) is 8.35. The largest absolute Gasteiger partial charge is 0.361 e. The molecule has 0 saturated heterocycles. The summed E-state index contributed by atoms with van der Waals surface area (Å²) >= 11 is 0. The second kappa shape index (κ2) is 12.1. The zero-order chi connectivity index (χ0) is 27.3. The maximum absolute atomic E-state index is 13.7. The molecule has 1 fully saturated rings. The molecule has 38 heavy (non-hydrogen) atoms. The molecular weight excluding hydrogens is 472 g/mol. The number of urea groups is 1. The summed E-state index contributed by atoms with van der Waals surface area (Å²) in [6.45, 7) is 11.0. The van der Waals surface area contributed by atoms with Gasteiger partial charge in [-0.25, -0.2) is 4.79 Å². The maximum Gasteiger partial charge on any atom is 0.320 e. The average Bonchev–Trinajstić information content (AvgIpc) is 3.29. The van der Waals surface area contributed by atoms with Crippen molar-refractivity contribution in [1.82, 2.24) is 15.6 Å². The average molecular weight is 517 g/mol. The third-order valence-corrected chi connectivity index (χ3v) is 8.00. The van der Waals surface area contributed by atoms with E-state index in [1.165, 1.54) is 19.3 Å². The van der Waals surface area contributed by atoms with E-state index in [0.717, 1.165) is 46.1 Å². The second-order valence-electron chi connectivity index (χ2n) is 11.8. The lowest BCUT2D eigenvalue weighted by Gasteiger charge is -2.31. The van der Waals surface area contributed by atoms with E-state index in [4.69, 9.17) is 0 Å². The normalized spacial score (nSPS) is 16.0. The van der Waals surface area contributed by atoms with E-state index in [1.54, 1.807) is 0 Å². The van der Waals surface area contributed by atoms with Crippen molar-refractivity contribution in [2.45, 2.75) is 90.5 Å². The van der Waals surface area contributed by atoms with Crippen molar-refractivity contribution in [1.29, 1.82) is 0 Å². The number of carbonyl (C=O) groups is 2. The van der Waals surface area contributed by atoms with Crippen molar-refractivity contribution in [2.24, 2.45) is 5.92 Å². The van der Waals surface area contributed by atoms with E-state index in [9.17, 15) is 9.59 Å². The first-order valence-corrected chi connectivity index (χ1v) is 14.2. The number of amides is 3. The molecule has 0 aliphatic heterocycles. The molecule has 6 nitrogen and oxygen atoms in total. The van der Waals surface area contributed by atoms with Crippen molar-refractivity contribution in [3.63, 3.8) is 0 Å². The Morgan fingerprint density at radius 3 is 2.26 bits per heavy atom. The predicted octanol–water partition coefficient (Wildman–Crippen LogP) is 7.23. The molecule has 0 bridgehead atoms. The molecule has 1 aliphatic carbocycles. The Labute approximate surface area is 227 Å². The van der Waals surface area contributed by atoms with Crippen LogP contribution in [0.25, 0.3) is 10.9 Å². The van der Waals surface area contributed by atoms with E-state index >= 15 is 0 Å². The molecule has 0 radical (unpaired) electrons. The molecule has 6 heteroatoms. The van der Waals surface area contributed by atoms with Crippen LogP contribution in [-0.4, -0.2) is 29.0 Å². The third-order valence-electron chi connectivity index (χ3n) is 8.00. The first-order chi connectivity index (χ1) is 18.2. The smallest absolute Gasteiger partial charge is 0.320 e. The number of nitrogens with one attached hydrogen (secondary N) is 4. The number of benzene rings is 2. The Balaban J connectivity index is 1.59. The summed E-state index contributed by atoms with van der Waals surface area (Å²) in [4.78, 5) is 30.6. The van der Waals surface area contributed by atoms with Gasteiger partial charge >= 0.3 is 6.03 Å². The highest BCUT2D eigenvalue weighted by atomic mass is 16.2. The number of fused-ring (bicyclic) bond motifs is 1. The van der Waals surface area contributed by atoms with Gasteiger partial charge < -0.3 is 20.9 Å². The van der Waals surface area contributed by atoms with Gasteiger partial charge in [0.2, 0.25) is 5.91 Å². The number of hydrogen-bond acceptors (Lipinski definition) is 2. The van der Waals surface area contributed by atoms with Crippen LogP contribution in [-0.2, 0) is 11.2 Å². The number of aromatic nitrogens is 1. The molecule has 4 rings (SSSR count). The maximum atomic E-state index is 13.7. The molecule has 0 unspecified atom stereocenters. The van der Waals surface area contributed by atoms with Crippen LogP contribution in [0.5, 0.6) is 0 Å². The first kappa shape index (κ1) is 27.7. The summed E-state index contributed by atoms with van der Waals surface area (Å²) in [6, 6.07) is 13.9. The van der Waals surface area contributed by atoms with Crippen LogP contribution >= 0.6 is 0 Å². The van der Waals surface area contributed by atoms with Gasteiger partial charge in [-0.2, -0.15) is 0 Å². The van der Waals surface area contributed by atoms with Gasteiger partial charge in [-0.05, 0) is 60.3 Å². The summed E-state index contributed by atoms with van der Waals surface area (Å²) in [5.74, 6) is 0.857. The van der Waals surface area contributed by atoms with E-state index in [2.05, 4.69) is 66.8 Å². The summed E-state index contributed by atoms with van der Waals surface area (Å²) < 4.78 is 0. The summed E-state index contributed by atoms with van der Waals surface area (Å²) in [7, 11) is 0. The molecule has 1 heterocycles. The highest BCUT2D eigenvalue weighted by Crippen LogP contribution is 2.32. The van der Waals surface area contributed by atoms with Crippen LogP contribution in [0.1, 0.15) is 95.2 Å². The number of hydrogen-bond donors (Lipinski definition) is 4. The number of carbonyl (C=O) groups excluding carboxylic acids is 2. The zero-order valence-corrected chi connectivity index (χ0v) is 23.6. The summed E-state index contributed by atoms with van der Waals surface area (Å²) in [5, 5.41) is 10.5. The molecule has 204 valence electrons. The van der Waals surface area contributed by atoms with Gasteiger partial charge in [0.05, 0.1) is 0 Å². The van der Waals surface area contributed by atoms with Gasteiger partial charge in [0.25, 0.3) is 0 Å². The Morgan fingerprint density at radius 1 is 0.947 bits per heavy atom. The van der Waals surface area contributed by atoms with Crippen molar-refractivity contribution in [3.8, 4) is 0 Å². The molecular formula is C32H44N4O2. The van der Waals surface area contributed by atoms with Gasteiger partial charge in [0, 0.05) is 35.8 Å². The monoisotopic (exact) mass is 516 g/mol. The van der Waals surface area contributed by atoms with Gasteiger partial charge in [-0.1, -0.05) is 83.4 Å². The minimum Gasteiger partial charge on any atom is -0.361 e. The fourth-order valence-electron chi connectivity index (χ4n) is 5.75. The lowest BCUT2D eigenvalue weighted by atomic mass is 9.88. The third kappa shape index (κ3) is 6.40. The van der Waals surface area contributed by atoms with E-state index in [-0.39, 0.29) is 23.8 Å². The molecule has 3 aromatic rings. The van der Waals surface area contributed by atoms with Crippen LogP contribution in [0.3, 0.4) is 0 Å². The summed E-state index contributed by atoms with van der Waals surface area (Å²) in [5.41, 5.74) is 3.91. The van der Waals surface area contributed by atoms with Gasteiger partial charge in [-0.15, -0.1) is 0 Å². The highest BCUT2D eigenvalue weighted by molar-refractivity contribution is 5.97. The second-order valence-corrected chi connectivity index (χ2v) is 11.8. The first-order valence-electron chi connectivity index (χ1n) is 14.2. The molecule has 1 aromatic heterocycles. The number of para-hydroxylation sites is 2. The molecule has 1 saturated carbocycles. The van der Waals surface area contributed by atoms with E-state index < -0.39 is 5.54 Å². The quantitative estimate of drug-likeness (QED) is 0.242. The number of H-pyrrole nitrogens is 1. The van der Waals surface area contributed by atoms with Gasteiger partial charge in [0.15, 0.2) is 0 Å². The fraction of sp³-hybridized carbons (Fsp3) is 0.500. The van der Waals surface area contributed by atoms with Crippen LogP contribution < -0.4 is 16.0 Å². The minimum atomic E-state index is -1.13. The highest BCUT2D eigenvalue weighted by Gasteiger charge is 2.36. The molecule has 1 aliphatic rings. The SMILES string of the molecule is CC(C)c1cccc(C(C)C)c1NC(=O)N[C@@](C)(Cc1c[nH]c2ccccc12)C(=O)NCC1CCCCC1. The molecule has 3 amide bonds. The van der Waals surface area contributed by atoms with Crippen molar-refractivity contribution >= 4 is 28.5 Å². The van der Waals surface area contributed by atoms with Crippen molar-refractivity contribution < 1.29 is 9.59 Å². The zero-order valence-electron chi connectivity index (χ0n) is 23.6. The van der Waals surface area contributed by atoms with Gasteiger partial charge in [-0.3, -0.25) is 4.79 Å². The standard InChI is InChI=1S/C32H44N4O2/c1-21(2)25-15-11-16-26(22(3)4)29(25)35-31(38)36-32(5,30(37)34-19-23-12-7-6-8-13-23)18-24-20-33-28-17-10-9-14-27(24)28/h9-11,14-17,20-23,33H,6-8,12-13,18-19H2,1-5H3,(H,34,37)(H2,35,36,38)/t32-/m0/s1. The fourth-order valence-corrected chi connectivity index (χ4v) is 5.75. The lowest BCUT2D eigenvalue weighted by Crippen LogP contribution is -2.59. The van der Waals surface area contributed by atoms with E-state index in [0.29, 0.717) is 18.9 Å². The topological polar surface area (TPSA) is 86.0 Å². The Bertz CT molecular complexity index is 1230. The Kier molecular flexibility index (Phi) is 8.80. The minimum absolute atomic E-state index is 0.148. The number of aromatic amines is 1. The molecule has 2 aromatic carbocycles. The molecule has 1 atom stereocenters. The van der Waals surface area contributed by atoms with Crippen molar-refractivity contribution in [2.75, 3.05) is 11.9 Å². The van der Waals surface area contributed by atoms with Crippen LogP contribution in [0.15, 0.2) is 48.7 Å². The molecule has 0 spiro atoms. The van der Waals surface area contributed by atoms with Crippen LogP contribution in [0, 0.1) is 5.92 Å². The Hall–Kier alpha value is -3.28. The lowest BCUT2D eigenvalue weighted by molar-refractivity contribution is -0.126.